The monoisotopic (exact) mass is 282 g/mol. The zero-order chi connectivity index (χ0) is 14.8. The summed E-state index contributed by atoms with van der Waals surface area (Å²) >= 11 is 0. The van der Waals surface area contributed by atoms with Gasteiger partial charge in [0.05, 0.1) is 14.2 Å². The molecule has 0 radical (unpaired) electrons. The zero-order valence-corrected chi connectivity index (χ0v) is 14.4. The van der Waals surface area contributed by atoms with Crippen LogP contribution in [0.2, 0.25) is 18.1 Å². The molecule has 0 heterocycles. The summed E-state index contributed by atoms with van der Waals surface area (Å²) in [7, 11) is 1.47. The van der Waals surface area contributed by atoms with Gasteiger partial charge in [-0.15, -0.1) is 0 Å². The van der Waals surface area contributed by atoms with Crippen LogP contribution < -0.4 is 13.9 Å². The summed E-state index contributed by atoms with van der Waals surface area (Å²) in [6, 6.07) is 3.87. The van der Waals surface area contributed by atoms with Crippen molar-refractivity contribution in [2.45, 2.75) is 45.8 Å². The van der Waals surface area contributed by atoms with E-state index in [4.69, 9.17) is 13.9 Å². The Hall–Kier alpha value is -1.16. The standard InChI is InChI=1S/C15H26O3Si/c1-11-12(16-5)9-10-13(14(11)17-6)18-19(7,8)15(2,3)4/h9-10H,1-8H3. The number of ether oxygens (including phenoxy) is 2. The van der Waals surface area contributed by atoms with Crippen LogP contribution in [0.15, 0.2) is 12.1 Å². The maximum absolute atomic E-state index is 6.33. The average molecular weight is 282 g/mol. The van der Waals surface area contributed by atoms with Gasteiger partial charge in [-0.2, -0.15) is 0 Å². The quantitative estimate of drug-likeness (QED) is 0.766. The normalized spacial score (nSPS) is 12.2. The second-order valence-corrected chi connectivity index (χ2v) is 11.0. The van der Waals surface area contributed by atoms with E-state index in [2.05, 4.69) is 33.9 Å². The highest BCUT2D eigenvalue weighted by molar-refractivity contribution is 6.74. The summed E-state index contributed by atoms with van der Waals surface area (Å²) in [4.78, 5) is 0. The molecule has 1 aromatic rings. The van der Waals surface area contributed by atoms with Gasteiger partial charge in [0.1, 0.15) is 11.5 Å². The maximum Gasteiger partial charge on any atom is 0.250 e. The molecule has 0 saturated carbocycles. The second-order valence-electron chi connectivity index (χ2n) is 6.29. The third kappa shape index (κ3) is 3.24. The third-order valence-corrected chi connectivity index (χ3v) is 8.26. The smallest absolute Gasteiger partial charge is 0.250 e. The second kappa shape index (κ2) is 5.45. The van der Waals surface area contributed by atoms with Crippen LogP contribution >= 0.6 is 0 Å². The van der Waals surface area contributed by atoms with E-state index >= 15 is 0 Å². The molecular weight excluding hydrogens is 256 g/mol. The summed E-state index contributed by atoms with van der Waals surface area (Å²) in [5, 5.41) is 0.159. The van der Waals surface area contributed by atoms with Gasteiger partial charge in [-0.25, -0.2) is 0 Å². The molecule has 19 heavy (non-hydrogen) atoms. The van der Waals surface area contributed by atoms with Crippen molar-refractivity contribution < 1.29 is 13.9 Å². The molecule has 0 atom stereocenters. The first kappa shape index (κ1) is 15.9. The molecule has 0 aromatic heterocycles. The van der Waals surface area contributed by atoms with Crippen molar-refractivity contribution in [2.75, 3.05) is 14.2 Å². The van der Waals surface area contributed by atoms with Crippen LogP contribution in [0, 0.1) is 6.92 Å². The lowest BCUT2D eigenvalue weighted by Crippen LogP contribution is -2.43. The van der Waals surface area contributed by atoms with Crippen LogP contribution in [-0.2, 0) is 0 Å². The Morgan fingerprint density at radius 3 is 1.89 bits per heavy atom. The minimum Gasteiger partial charge on any atom is -0.541 e. The van der Waals surface area contributed by atoms with Crippen LogP contribution in [0.1, 0.15) is 26.3 Å². The molecule has 0 aliphatic heterocycles. The summed E-state index contributed by atoms with van der Waals surface area (Å²) in [5.74, 6) is 2.40. The fourth-order valence-corrected chi connectivity index (χ4v) is 2.65. The Morgan fingerprint density at radius 1 is 0.947 bits per heavy atom. The van der Waals surface area contributed by atoms with Crippen LogP contribution in [0.3, 0.4) is 0 Å². The van der Waals surface area contributed by atoms with E-state index in [0.717, 1.165) is 22.8 Å². The Bertz CT molecular complexity index is 447. The predicted molar refractivity (Wildman–Crippen MR) is 82.1 cm³/mol. The van der Waals surface area contributed by atoms with Gasteiger partial charge in [0, 0.05) is 5.56 Å². The van der Waals surface area contributed by atoms with E-state index in [1.54, 1.807) is 14.2 Å². The Labute approximate surface area is 118 Å². The molecule has 0 saturated heterocycles. The van der Waals surface area contributed by atoms with E-state index < -0.39 is 8.32 Å². The maximum atomic E-state index is 6.33. The molecule has 0 amide bonds. The first-order valence-electron chi connectivity index (χ1n) is 6.54. The van der Waals surface area contributed by atoms with Crippen molar-refractivity contribution in [1.82, 2.24) is 0 Å². The molecule has 0 spiro atoms. The first-order valence-corrected chi connectivity index (χ1v) is 9.45. The Morgan fingerprint density at radius 2 is 1.47 bits per heavy atom. The summed E-state index contributed by atoms with van der Waals surface area (Å²) in [5.41, 5.74) is 0.973. The highest BCUT2D eigenvalue weighted by Crippen LogP contribution is 2.42. The molecule has 0 N–H and O–H groups in total. The van der Waals surface area contributed by atoms with Crippen LogP contribution in [0.5, 0.6) is 17.2 Å². The van der Waals surface area contributed by atoms with Crippen LogP contribution in [-0.4, -0.2) is 22.5 Å². The molecule has 1 aromatic carbocycles. The summed E-state index contributed by atoms with van der Waals surface area (Å²) in [6.45, 7) is 13.1. The number of hydrogen-bond donors (Lipinski definition) is 0. The molecule has 0 bridgehead atoms. The fraction of sp³-hybridized carbons (Fsp3) is 0.600. The van der Waals surface area contributed by atoms with Gasteiger partial charge < -0.3 is 13.9 Å². The molecule has 0 unspecified atom stereocenters. The molecule has 3 nitrogen and oxygen atoms in total. The SMILES string of the molecule is COc1ccc(O[Si](C)(C)C(C)(C)C)c(OC)c1C. The zero-order valence-electron chi connectivity index (χ0n) is 13.4. The van der Waals surface area contributed by atoms with E-state index in [1.165, 1.54) is 0 Å². The molecule has 0 fully saturated rings. The lowest BCUT2D eigenvalue weighted by Gasteiger charge is -2.37. The van der Waals surface area contributed by atoms with Crippen molar-refractivity contribution in [3.8, 4) is 17.2 Å². The van der Waals surface area contributed by atoms with Crippen molar-refractivity contribution in [1.29, 1.82) is 0 Å². The number of methoxy groups -OCH3 is 2. The molecule has 1 rings (SSSR count). The lowest BCUT2D eigenvalue weighted by molar-refractivity contribution is 0.370. The van der Waals surface area contributed by atoms with Gasteiger partial charge in [-0.1, -0.05) is 20.8 Å². The van der Waals surface area contributed by atoms with Crippen molar-refractivity contribution in [3.05, 3.63) is 17.7 Å². The first-order chi connectivity index (χ1) is 8.64. The minimum atomic E-state index is -1.86. The van der Waals surface area contributed by atoms with Gasteiger partial charge in [0.2, 0.25) is 0 Å². The molecule has 0 aliphatic rings. The van der Waals surface area contributed by atoms with E-state index in [0.29, 0.717) is 0 Å². The fourth-order valence-electron chi connectivity index (χ4n) is 1.63. The molecule has 108 valence electrons. The Kier molecular flexibility index (Phi) is 4.56. The van der Waals surface area contributed by atoms with Gasteiger partial charge in [0.25, 0.3) is 8.32 Å². The molecule has 4 heteroatoms. The summed E-state index contributed by atoms with van der Waals surface area (Å²) < 4.78 is 17.1. The van der Waals surface area contributed by atoms with Crippen molar-refractivity contribution in [2.24, 2.45) is 0 Å². The largest absolute Gasteiger partial charge is 0.541 e. The van der Waals surface area contributed by atoms with Crippen molar-refractivity contribution in [3.63, 3.8) is 0 Å². The average Bonchev–Trinajstić information content (AvgIpc) is 2.27. The minimum absolute atomic E-state index is 0.159. The van der Waals surface area contributed by atoms with Gasteiger partial charge in [-0.3, -0.25) is 0 Å². The molecular formula is C15H26O3Si. The number of benzene rings is 1. The lowest BCUT2D eigenvalue weighted by atomic mass is 10.2. The van der Waals surface area contributed by atoms with Gasteiger partial charge in [-0.05, 0) is 37.2 Å². The highest BCUT2D eigenvalue weighted by atomic mass is 28.4. The summed E-state index contributed by atoms with van der Waals surface area (Å²) in [6.07, 6.45) is 0. The van der Waals surface area contributed by atoms with Gasteiger partial charge in [0.15, 0.2) is 5.75 Å². The molecule has 0 aliphatic carbocycles. The predicted octanol–water partition coefficient (Wildman–Crippen LogP) is 4.40. The van der Waals surface area contributed by atoms with E-state index in [1.807, 2.05) is 19.1 Å². The highest BCUT2D eigenvalue weighted by Gasteiger charge is 2.39. The van der Waals surface area contributed by atoms with E-state index in [9.17, 15) is 0 Å². The third-order valence-electron chi connectivity index (χ3n) is 3.92. The number of hydrogen-bond acceptors (Lipinski definition) is 3. The van der Waals surface area contributed by atoms with Crippen LogP contribution in [0.25, 0.3) is 0 Å². The van der Waals surface area contributed by atoms with Gasteiger partial charge >= 0.3 is 0 Å². The topological polar surface area (TPSA) is 27.7 Å². The van der Waals surface area contributed by atoms with Crippen LogP contribution in [0.4, 0.5) is 0 Å². The Balaban J connectivity index is 3.19. The number of rotatable bonds is 4. The van der Waals surface area contributed by atoms with Crippen molar-refractivity contribution >= 4 is 8.32 Å². The van der Waals surface area contributed by atoms with E-state index in [-0.39, 0.29) is 5.04 Å².